The molecule has 1 atom stereocenters. The van der Waals surface area contributed by atoms with Crippen LogP contribution >= 0.6 is 11.6 Å². The molecule has 3 heterocycles. The number of amides is 1. The zero-order valence-corrected chi connectivity index (χ0v) is 16.7. The number of carbonyl (C=O) groups is 1. The average molecular weight is 380 g/mol. The van der Waals surface area contributed by atoms with Crippen molar-refractivity contribution in [2.45, 2.75) is 45.9 Å². The van der Waals surface area contributed by atoms with E-state index < -0.39 is 5.60 Å². The van der Waals surface area contributed by atoms with Crippen LogP contribution in [-0.2, 0) is 18.3 Å². The molecule has 0 saturated carbocycles. The number of carbonyl (C=O) groups excluding carboxylic acids is 1. The summed E-state index contributed by atoms with van der Waals surface area (Å²) in [6.45, 7) is 10.5. The summed E-state index contributed by atoms with van der Waals surface area (Å²) in [7, 11) is 1.95. The molecular weight excluding hydrogens is 354 g/mol. The van der Waals surface area contributed by atoms with Gasteiger partial charge in [-0.05, 0) is 39.8 Å². The van der Waals surface area contributed by atoms with E-state index in [0.717, 1.165) is 23.5 Å². The lowest BCUT2D eigenvalue weighted by molar-refractivity contribution is 0.00417. The van der Waals surface area contributed by atoms with Crippen molar-refractivity contribution in [3.8, 4) is 0 Å². The van der Waals surface area contributed by atoms with Gasteiger partial charge >= 0.3 is 6.09 Å². The van der Waals surface area contributed by atoms with Crippen molar-refractivity contribution < 1.29 is 9.53 Å². The Bertz CT molecular complexity index is 814. The number of piperazine rings is 1. The normalized spacial score (nSPS) is 19.2. The van der Waals surface area contributed by atoms with Crippen molar-refractivity contribution >= 4 is 28.9 Å². The summed E-state index contributed by atoms with van der Waals surface area (Å²) in [4.78, 5) is 25.4. The Hall–Kier alpha value is -1.86. The summed E-state index contributed by atoms with van der Waals surface area (Å²) in [6.07, 6.45) is -0.245. The van der Waals surface area contributed by atoms with Crippen molar-refractivity contribution in [1.82, 2.24) is 24.3 Å². The Balaban J connectivity index is 1.67. The number of rotatable bonds is 2. The Morgan fingerprint density at radius 2 is 2.04 bits per heavy atom. The maximum Gasteiger partial charge on any atom is 0.410 e. The largest absolute Gasteiger partial charge is 0.444 e. The summed E-state index contributed by atoms with van der Waals surface area (Å²) in [5, 5.41) is 0.464. The van der Waals surface area contributed by atoms with Gasteiger partial charge in [0.1, 0.15) is 22.1 Å². The zero-order valence-electron chi connectivity index (χ0n) is 16.0. The Morgan fingerprint density at radius 1 is 1.31 bits per heavy atom. The first-order valence-corrected chi connectivity index (χ1v) is 9.21. The van der Waals surface area contributed by atoms with Crippen LogP contribution in [0, 0.1) is 0 Å². The van der Waals surface area contributed by atoms with Crippen LogP contribution in [0.4, 0.5) is 4.79 Å². The van der Waals surface area contributed by atoms with Crippen LogP contribution in [0.25, 0.3) is 11.2 Å². The number of hydrogen-bond acceptors (Lipinski definition) is 5. The van der Waals surface area contributed by atoms with Gasteiger partial charge in [-0.2, -0.15) is 0 Å². The maximum absolute atomic E-state index is 12.3. The summed E-state index contributed by atoms with van der Waals surface area (Å²) >= 11 is 5.99. The van der Waals surface area contributed by atoms with Crippen LogP contribution in [-0.4, -0.2) is 61.7 Å². The van der Waals surface area contributed by atoms with Gasteiger partial charge in [-0.15, -0.1) is 0 Å². The van der Waals surface area contributed by atoms with Gasteiger partial charge in [0.05, 0.1) is 6.54 Å². The lowest BCUT2D eigenvalue weighted by Crippen LogP contribution is -2.54. The number of nitrogens with zero attached hydrogens (tertiary/aromatic N) is 5. The predicted molar refractivity (Wildman–Crippen MR) is 101 cm³/mol. The molecule has 0 aliphatic carbocycles. The Morgan fingerprint density at radius 3 is 2.69 bits per heavy atom. The molecule has 142 valence electrons. The van der Waals surface area contributed by atoms with Gasteiger partial charge in [-0.3, -0.25) is 4.90 Å². The van der Waals surface area contributed by atoms with E-state index >= 15 is 0 Å². The fraction of sp³-hybridized carbons (Fsp3) is 0.611. The summed E-state index contributed by atoms with van der Waals surface area (Å²) in [5.41, 5.74) is 1.15. The molecule has 2 aromatic rings. The molecule has 7 nitrogen and oxygen atoms in total. The molecule has 8 heteroatoms. The van der Waals surface area contributed by atoms with Gasteiger partial charge in [-0.1, -0.05) is 11.6 Å². The second kappa shape index (κ2) is 7.04. The number of halogens is 1. The molecule has 0 spiro atoms. The van der Waals surface area contributed by atoms with E-state index in [9.17, 15) is 4.79 Å². The minimum atomic E-state index is -0.473. The number of aryl methyl sites for hydroxylation is 1. The second-order valence-electron chi connectivity index (χ2n) is 7.81. The molecule has 0 unspecified atom stereocenters. The number of imidazole rings is 1. The minimum Gasteiger partial charge on any atom is -0.444 e. The third kappa shape index (κ3) is 4.10. The predicted octanol–water partition coefficient (Wildman–Crippen LogP) is 3.06. The van der Waals surface area contributed by atoms with Gasteiger partial charge in [0.25, 0.3) is 0 Å². The van der Waals surface area contributed by atoms with Crippen molar-refractivity contribution in [2.24, 2.45) is 7.05 Å². The number of hydrogen-bond donors (Lipinski definition) is 0. The quantitative estimate of drug-likeness (QED) is 0.750. The van der Waals surface area contributed by atoms with Crippen LogP contribution in [0.3, 0.4) is 0 Å². The van der Waals surface area contributed by atoms with Crippen LogP contribution in [0.1, 0.15) is 33.5 Å². The molecule has 26 heavy (non-hydrogen) atoms. The van der Waals surface area contributed by atoms with E-state index in [0.29, 0.717) is 24.8 Å². The van der Waals surface area contributed by atoms with E-state index in [1.165, 1.54) is 0 Å². The molecule has 3 rings (SSSR count). The molecule has 0 aromatic carbocycles. The average Bonchev–Trinajstić information content (AvgIpc) is 2.84. The summed E-state index contributed by atoms with van der Waals surface area (Å²) in [6, 6.07) is 3.86. The zero-order chi connectivity index (χ0) is 19.1. The molecular formula is C18H26ClN5O2. The summed E-state index contributed by atoms with van der Waals surface area (Å²) in [5.74, 6) is 0.937. The lowest BCUT2D eigenvalue weighted by Gasteiger charge is -2.39. The first-order chi connectivity index (χ1) is 12.1. The fourth-order valence-electron chi connectivity index (χ4n) is 3.13. The molecule has 1 saturated heterocycles. The highest BCUT2D eigenvalue weighted by atomic mass is 35.5. The van der Waals surface area contributed by atoms with Gasteiger partial charge in [-0.25, -0.2) is 14.8 Å². The molecule has 0 bridgehead atoms. The smallest absolute Gasteiger partial charge is 0.410 e. The number of fused-ring (bicyclic) bond motifs is 1. The minimum absolute atomic E-state index is 0.215. The molecule has 0 N–H and O–H groups in total. The monoisotopic (exact) mass is 379 g/mol. The molecule has 1 aliphatic heterocycles. The molecule has 1 fully saturated rings. The van der Waals surface area contributed by atoms with Gasteiger partial charge in [0, 0.05) is 32.7 Å². The third-order valence-electron chi connectivity index (χ3n) is 4.54. The highest BCUT2D eigenvalue weighted by Crippen LogP contribution is 2.20. The highest BCUT2D eigenvalue weighted by molar-refractivity contribution is 6.29. The summed E-state index contributed by atoms with van der Waals surface area (Å²) < 4.78 is 7.46. The SMILES string of the molecule is C[C@H]1CN(C(=O)OC(C)(C)C)CCN1Cc1nc2ccc(Cl)nc2n1C. The fourth-order valence-corrected chi connectivity index (χ4v) is 3.28. The molecule has 1 amide bonds. The van der Waals surface area contributed by atoms with E-state index in [1.807, 2.05) is 38.5 Å². The maximum atomic E-state index is 12.3. The van der Waals surface area contributed by atoms with Gasteiger partial charge < -0.3 is 14.2 Å². The number of aromatic nitrogens is 3. The Labute approximate surface area is 158 Å². The lowest BCUT2D eigenvalue weighted by atomic mass is 10.2. The van der Waals surface area contributed by atoms with E-state index in [-0.39, 0.29) is 12.1 Å². The van der Waals surface area contributed by atoms with Crippen molar-refractivity contribution in [2.75, 3.05) is 19.6 Å². The van der Waals surface area contributed by atoms with Crippen LogP contribution in [0.2, 0.25) is 5.15 Å². The van der Waals surface area contributed by atoms with Crippen LogP contribution in [0.15, 0.2) is 12.1 Å². The van der Waals surface area contributed by atoms with Crippen molar-refractivity contribution in [3.63, 3.8) is 0 Å². The molecule has 2 aromatic heterocycles. The van der Waals surface area contributed by atoms with Gasteiger partial charge in [0.2, 0.25) is 0 Å². The van der Waals surface area contributed by atoms with E-state index in [1.54, 1.807) is 11.0 Å². The number of ether oxygens (including phenoxy) is 1. The van der Waals surface area contributed by atoms with Crippen molar-refractivity contribution in [1.29, 1.82) is 0 Å². The Kier molecular flexibility index (Phi) is 5.12. The third-order valence-corrected chi connectivity index (χ3v) is 4.75. The molecule has 0 radical (unpaired) electrons. The van der Waals surface area contributed by atoms with Crippen LogP contribution < -0.4 is 0 Å². The van der Waals surface area contributed by atoms with E-state index in [4.69, 9.17) is 16.3 Å². The number of pyridine rings is 1. The topological polar surface area (TPSA) is 63.5 Å². The first-order valence-electron chi connectivity index (χ1n) is 8.84. The van der Waals surface area contributed by atoms with Gasteiger partial charge in [0.15, 0.2) is 5.65 Å². The highest BCUT2D eigenvalue weighted by Gasteiger charge is 2.30. The second-order valence-corrected chi connectivity index (χ2v) is 8.20. The standard InChI is InChI=1S/C18H26ClN5O2/c1-12-10-24(17(25)26-18(2,3)4)9-8-23(12)11-15-20-13-6-7-14(19)21-16(13)22(15)5/h6-7,12H,8-11H2,1-5H3/t12-/m0/s1. The van der Waals surface area contributed by atoms with Crippen molar-refractivity contribution in [3.05, 3.63) is 23.1 Å². The van der Waals surface area contributed by atoms with E-state index in [2.05, 4.69) is 21.8 Å². The van der Waals surface area contributed by atoms with Crippen LogP contribution in [0.5, 0.6) is 0 Å². The first kappa shape index (κ1) is 18.9. The molecule has 1 aliphatic rings.